The minimum Gasteiger partial charge on any atom is -0.493 e. The van der Waals surface area contributed by atoms with E-state index in [0.29, 0.717) is 5.92 Å². The first-order valence-electron chi connectivity index (χ1n) is 5.87. The molecule has 2 aliphatic heterocycles. The number of nitrogens with one attached hydrogen (secondary N) is 1. The van der Waals surface area contributed by atoms with Crippen molar-refractivity contribution in [3.8, 4) is 5.75 Å². The highest BCUT2D eigenvalue weighted by molar-refractivity contribution is 5.85. The van der Waals surface area contributed by atoms with Gasteiger partial charge in [0.1, 0.15) is 5.75 Å². The standard InChI is InChI=1S/C13H17NO.ClH/c1-2-4-13-11(3-1)12-9-14-7-5-10(12)6-8-15-13;/h1-4,10,12,14H,5-9H2;1H. The van der Waals surface area contributed by atoms with Crippen LogP contribution in [0.2, 0.25) is 0 Å². The van der Waals surface area contributed by atoms with E-state index in [2.05, 4.69) is 29.6 Å². The molecule has 2 heterocycles. The minimum atomic E-state index is 0. The number of halogens is 1. The fourth-order valence-corrected chi connectivity index (χ4v) is 2.86. The molecule has 0 radical (unpaired) electrons. The van der Waals surface area contributed by atoms with Gasteiger partial charge in [-0.15, -0.1) is 12.4 Å². The molecule has 2 atom stereocenters. The first kappa shape index (κ1) is 11.7. The highest BCUT2D eigenvalue weighted by Gasteiger charge is 2.30. The van der Waals surface area contributed by atoms with Crippen molar-refractivity contribution in [2.75, 3.05) is 19.7 Å². The summed E-state index contributed by atoms with van der Waals surface area (Å²) in [5.74, 6) is 2.58. The lowest BCUT2D eigenvalue weighted by Gasteiger charge is -2.30. The van der Waals surface area contributed by atoms with Gasteiger partial charge in [0.15, 0.2) is 0 Å². The van der Waals surface area contributed by atoms with Gasteiger partial charge in [0.2, 0.25) is 0 Å². The molecule has 0 bridgehead atoms. The zero-order valence-electron chi connectivity index (χ0n) is 9.32. The second kappa shape index (κ2) is 5.07. The van der Waals surface area contributed by atoms with Crippen molar-refractivity contribution in [2.45, 2.75) is 18.8 Å². The van der Waals surface area contributed by atoms with Crippen LogP contribution >= 0.6 is 12.4 Å². The molecule has 2 nitrogen and oxygen atoms in total. The Morgan fingerprint density at radius 1 is 1.19 bits per heavy atom. The maximum absolute atomic E-state index is 5.81. The van der Waals surface area contributed by atoms with Gasteiger partial charge >= 0.3 is 0 Å². The number of rotatable bonds is 0. The number of para-hydroxylation sites is 1. The monoisotopic (exact) mass is 239 g/mol. The first-order valence-corrected chi connectivity index (χ1v) is 5.87. The SMILES string of the molecule is Cl.c1ccc2c(c1)OCCC1CCNCC21. The van der Waals surface area contributed by atoms with Crippen LogP contribution in [0.15, 0.2) is 24.3 Å². The van der Waals surface area contributed by atoms with Gasteiger partial charge in [0.05, 0.1) is 6.61 Å². The maximum atomic E-state index is 5.81. The molecule has 3 rings (SSSR count). The zero-order valence-corrected chi connectivity index (χ0v) is 10.1. The average molecular weight is 240 g/mol. The fourth-order valence-electron chi connectivity index (χ4n) is 2.86. The summed E-state index contributed by atoms with van der Waals surface area (Å²) in [5, 5.41) is 3.50. The van der Waals surface area contributed by atoms with Gasteiger partial charge in [-0.2, -0.15) is 0 Å². The molecule has 3 heteroatoms. The lowest BCUT2D eigenvalue weighted by Crippen LogP contribution is -2.34. The first-order chi connectivity index (χ1) is 7.45. The Kier molecular flexibility index (Phi) is 3.72. The van der Waals surface area contributed by atoms with Gasteiger partial charge in [0.25, 0.3) is 0 Å². The van der Waals surface area contributed by atoms with Crippen LogP contribution in [0.1, 0.15) is 24.3 Å². The molecule has 1 fully saturated rings. The lowest BCUT2D eigenvalue weighted by atomic mass is 9.80. The second-order valence-electron chi connectivity index (χ2n) is 4.53. The molecule has 1 aromatic carbocycles. The molecule has 16 heavy (non-hydrogen) atoms. The smallest absolute Gasteiger partial charge is 0.122 e. The van der Waals surface area contributed by atoms with E-state index < -0.39 is 0 Å². The number of hydrogen-bond acceptors (Lipinski definition) is 2. The van der Waals surface area contributed by atoms with Crippen LogP contribution in [0.4, 0.5) is 0 Å². The Hall–Kier alpha value is -0.730. The van der Waals surface area contributed by atoms with E-state index in [9.17, 15) is 0 Å². The van der Waals surface area contributed by atoms with Crippen molar-refractivity contribution in [2.24, 2.45) is 5.92 Å². The Morgan fingerprint density at radius 2 is 2.06 bits per heavy atom. The van der Waals surface area contributed by atoms with Crippen LogP contribution in [0.3, 0.4) is 0 Å². The highest BCUT2D eigenvalue weighted by atomic mass is 35.5. The maximum Gasteiger partial charge on any atom is 0.122 e. The van der Waals surface area contributed by atoms with Crippen LogP contribution in [0.5, 0.6) is 5.75 Å². The fraction of sp³-hybridized carbons (Fsp3) is 0.538. The van der Waals surface area contributed by atoms with Crippen molar-refractivity contribution in [3.05, 3.63) is 29.8 Å². The third-order valence-electron chi connectivity index (χ3n) is 3.69. The van der Waals surface area contributed by atoms with E-state index in [-0.39, 0.29) is 12.4 Å². The van der Waals surface area contributed by atoms with Crippen LogP contribution in [-0.4, -0.2) is 19.7 Å². The summed E-state index contributed by atoms with van der Waals surface area (Å²) in [7, 11) is 0. The summed E-state index contributed by atoms with van der Waals surface area (Å²) >= 11 is 0. The van der Waals surface area contributed by atoms with E-state index in [4.69, 9.17) is 4.74 Å². The Balaban J connectivity index is 0.000000963. The van der Waals surface area contributed by atoms with E-state index in [1.165, 1.54) is 24.9 Å². The zero-order chi connectivity index (χ0) is 10.1. The van der Waals surface area contributed by atoms with Gasteiger partial charge in [-0.25, -0.2) is 0 Å². The quantitative estimate of drug-likeness (QED) is 0.752. The predicted octanol–water partition coefficient (Wildman–Crippen LogP) is 2.58. The Bertz CT molecular complexity index is 356. The van der Waals surface area contributed by atoms with Crippen molar-refractivity contribution in [3.63, 3.8) is 0 Å². The Morgan fingerprint density at radius 3 is 3.00 bits per heavy atom. The molecule has 2 unspecified atom stereocenters. The third-order valence-corrected chi connectivity index (χ3v) is 3.69. The molecule has 0 aromatic heterocycles. The van der Waals surface area contributed by atoms with Gasteiger partial charge in [0, 0.05) is 12.5 Å². The van der Waals surface area contributed by atoms with E-state index >= 15 is 0 Å². The molecule has 1 saturated heterocycles. The third kappa shape index (κ3) is 2.04. The molecule has 2 aliphatic rings. The van der Waals surface area contributed by atoms with Crippen molar-refractivity contribution >= 4 is 12.4 Å². The summed E-state index contributed by atoms with van der Waals surface area (Å²) in [4.78, 5) is 0. The summed E-state index contributed by atoms with van der Waals surface area (Å²) in [6.07, 6.45) is 2.50. The van der Waals surface area contributed by atoms with E-state index in [1.807, 2.05) is 0 Å². The molecular formula is C13H18ClNO. The van der Waals surface area contributed by atoms with E-state index in [1.54, 1.807) is 0 Å². The van der Waals surface area contributed by atoms with Crippen molar-refractivity contribution in [1.29, 1.82) is 0 Å². The molecule has 0 amide bonds. The molecule has 1 N–H and O–H groups in total. The van der Waals surface area contributed by atoms with E-state index in [0.717, 1.165) is 24.8 Å². The molecule has 1 aromatic rings. The average Bonchev–Trinajstić information content (AvgIpc) is 2.48. The van der Waals surface area contributed by atoms with Crippen LogP contribution in [0.25, 0.3) is 0 Å². The Labute approximate surface area is 103 Å². The predicted molar refractivity (Wildman–Crippen MR) is 67.5 cm³/mol. The van der Waals surface area contributed by atoms with Crippen LogP contribution < -0.4 is 10.1 Å². The molecule has 0 spiro atoms. The highest BCUT2D eigenvalue weighted by Crippen LogP contribution is 2.38. The molecular weight excluding hydrogens is 222 g/mol. The second-order valence-corrected chi connectivity index (χ2v) is 4.53. The van der Waals surface area contributed by atoms with Crippen LogP contribution in [-0.2, 0) is 0 Å². The molecule has 0 saturated carbocycles. The largest absolute Gasteiger partial charge is 0.493 e. The van der Waals surface area contributed by atoms with Crippen LogP contribution in [0, 0.1) is 5.92 Å². The topological polar surface area (TPSA) is 21.3 Å². The van der Waals surface area contributed by atoms with Crippen molar-refractivity contribution < 1.29 is 4.74 Å². The number of fused-ring (bicyclic) bond motifs is 3. The summed E-state index contributed by atoms with van der Waals surface area (Å²) < 4.78 is 5.81. The normalized spacial score (nSPS) is 27.8. The minimum absolute atomic E-state index is 0. The summed E-state index contributed by atoms with van der Waals surface area (Å²) in [6, 6.07) is 8.52. The summed E-state index contributed by atoms with van der Waals surface area (Å²) in [6.45, 7) is 3.17. The van der Waals surface area contributed by atoms with Gasteiger partial charge in [-0.3, -0.25) is 0 Å². The lowest BCUT2D eigenvalue weighted by molar-refractivity contribution is 0.260. The number of hydrogen-bond donors (Lipinski definition) is 1. The van der Waals surface area contributed by atoms with Crippen molar-refractivity contribution in [1.82, 2.24) is 5.32 Å². The molecule has 88 valence electrons. The summed E-state index contributed by atoms with van der Waals surface area (Å²) in [5.41, 5.74) is 1.41. The number of ether oxygens (including phenoxy) is 1. The molecule has 0 aliphatic carbocycles. The number of piperidine rings is 1. The van der Waals surface area contributed by atoms with Gasteiger partial charge < -0.3 is 10.1 Å². The van der Waals surface area contributed by atoms with Gasteiger partial charge in [-0.1, -0.05) is 18.2 Å². The van der Waals surface area contributed by atoms with Gasteiger partial charge in [-0.05, 0) is 36.9 Å². The number of benzene rings is 1.